The molecule has 0 unspecified atom stereocenters. The van der Waals surface area contributed by atoms with E-state index < -0.39 is 23.6 Å². The molecule has 3 atom stereocenters. The van der Waals surface area contributed by atoms with E-state index in [-0.39, 0.29) is 6.42 Å². The normalized spacial score (nSPS) is 24.2. The summed E-state index contributed by atoms with van der Waals surface area (Å²) in [6, 6.07) is 0. The third kappa shape index (κ3) is 10.9. The van der Waals surface area contributed by atoms with Crippen molar-refractivity contribution in [3.05, 3.63) is 24.3 Å². The predicted molar refractivity (Wildman–Crippen MR) is 124 cm³/mol. The molecule has 0 aromatic rings. The largest absolute Gasteiger partial charge is 0.387 e. The van der Waals surface area contributed by atoms with Crippen LogP contribution in [0.3, 0.4) is 0 Å². The highest BCUT2D eigenvalue weighted by atomic mass is 16.4. The Kier molecular flexibility index (Phi) is 15.1. The molecule has 1 aliphatic rings. The number of hydrogen-bond donors (Lipinski definition) is 3. The molecule has 0 amide bonds. The van der Waals surface area contributed by atoms with E-state index in [1.165, 1.54) is 82.8 Å². The minimum atomic E-state index is -1.83. The van der Waals surface area contributed by atoms with Crippen LogP contribution in [0, 0.1) is 0 Å². The maximum atomic E-state index is 11.9. The smallest absolute Gasteiger partial charge is 0.189 e. The Balaban J connectivity index is 1.90. The Morgan fingerprint density at radius 2 is 1.27 bits per heavy atom. The van der Waals surface area contributed by atoms with Crippen molar-refractivity contribution in [2.45, 2.75) is 134 Å². The molecule has 0 fully saturated rings. The summed E-state index contributed by atoms with van der Waals surface area (Å²) in [7, 11) is 0. The number of carbonyl (C=O) groups is 1. The van der Waals surface area contributed by atoms with Crippen LogP contribution in [0.2, 0.25) is 0 Å². The average molecular weight is 423 g/mol. The van der Waals surface area contributed by atoms with Gasteiger partial charge < -0.3 is 15.3 Å². The molecule has 0 heterocycles. The molecule has 4 heteroatoms. The zero-order chi connectivity index (χ0) is 22.1. The molecule has 0 bridgehead atoms. The Morgan fingerprint density at radius 1 is 0.800 bits per heavy atom. The van der Waals surface area contributed by atoms with E-state index in [4.69, 9.17) is 0 Å². The van der Waals surface area contributed by atoms with Crippen molar-refractivity contribution in [3.8, 4) is 0 Å². The van der Waals surface area contributed by atoms with Gasteiger partial charge in [0.05, 0.1) is 0 Å². The fourth-order valence-electron chi connectivity index (χ4n) is 4.13. The number of aliphatic hydroxyl groups excluding tert-OH is 2. The van der Waals surface area contributed by atoms with E-state index in [1.54, 1.807) is 0 Å². The first-order valence-electron chi connectivity index (χ1n) is 12.5. The first-order chi connectivity index (χ1) is 14.5. The maximum absolute atomic E-state index is 11.9. The number of ketones is 1. The summed E-state index contributed by atoms with van der Waals surface area (Å²) < 4.78 is 0. The second kappa shape index (κ2) is 16.7. The molecule has 4 nitrogen and oxygen atoms in total. The topological polar surface area (TPSA) is 77.8 Å². The summed E-state index contributed by atoms with van der Waals surface area (Å²) in [6.07, 6.45) is 24.3. The fourth-order valence-corrected chi connectivity index (χ4v) is 4.13. The highest BCUT2D eigenvalue weighted by Crippen LogP contribution is 2.27. The standard InChI is InChI=1S/C26H46O4/c1-2-3-4-5-6-7-8-9-10-11-12-13-14-15-16-17-18-19-22-26(30)24(28)21-20-23(27)25(26)29/h12-13,20-21,23,25,27,29-30H,2-11,14-19,22H2,1H3/b13-12-/t23-,25+,26-/m0/s1. The van der Waals surface area contributed by atoms with E-state index >= 15 is 0 Å². The highest BCUT2D eigenvalue weighted by Gasteiger charge is 2.46. The predicted octanol–water partition coefficient (Wildman–Crippen LogP) is 5.79. The summed E-state index contributed by atoms with van der Waals surface area (Å²) in [5.41, 5.74) is -1.83. The molecular weight excluding hydrogens is 376 g/mol. The molecule has 0 aliphatic heterocycles. The lowest BCUT2D eigenvalue weighted by molar-refractivity contribution is -0.158. The van der Waals surface area contributed by atoms with Crippen LogP contribution >= 0.6 is 0 Å². The van der Waals surface area contributed by atoms with Crippen molar-refractivity contribution >= 4 is 5.78 Å². The lowest BCUT2D eigenvalue weighted by Gasteiger charge is -2.35. The van der Waals surface area contributed by atoms with Gasteiger partial charge in [0, 0.05) is 0 Å². The van der Waals surface area contributed by atoms with Crippen molar-refractivity contribution in [1.29, 1.82) is 0 Å². The van der Waals surface area contributed by atoms with E-state index in [9.17, 15) is 20.1 Å². The average Bonchev–Trinajstić information content (AvgIpc) is 2.74. The van der Waals surface area contributed by atoms with Gasteiger partial charge in [-0.1, -0.05) is 96.1 Å². The van der Waals surface area contributed by atoms with Gasteiger partial charge in [0.2, 0.25) is 0 Å². The van der Waals surface area contributed by atoms with Crippen LogP contribution in [0.4, 0.5) is 0 Å². The fraction of sp³-hybridized carbons (Fsp3) is 0.808. The van der Waals surface area contributed by atoms with Crippen LogP contribution in [0.1, 0.15) is 116 Å². The molecule has 0 saturated heterocycles. The van der Waals surface area contributed by atoms with Crippen molar-refractivity contribution in [3.63, 3.8) is 0 Å². The van der Waals surface area contributed by atoms with Gasteiger partial charge in [-0.15, -0.1) is 0 Å². The SMILES string of the molecule is CCCCCCCCCCC/C=C\CCCCCCC[C@]1(O)C(=O)C=C[C@H](O)[C@H]1O. The van der Waals surface area contributed by atoms with Gasteiger partial charge in [-0.25, -0.2) is 0 Å². The summed E-state index contributed by atoms with van der Waals surface area (Å²) in [6.45, 7) is 2.26. The summed E-state index contributed by atoms with van der Waals surface area (Å²) >= 11 is 0. The molecule has 0 spiro atoms. The van der Waals surface area contributed by atoms with E-state index in [0.29, 0.717) is 6.42 Å². The molecule has 0 aromatic carbocycles. The molecule has 3 N–H and O–H groups in total. The maximum Gasteiger partial charge on any atom is 0.189 e. The zero-order valence-electron chi connectivity index (χ0n) is 19.2. The van der Waals surface area contributed by atoms with E-state index in [2.05, 4.69) is 19.1 Å². The zero-order valence-corrected chi connectivity index (χ0v) is 19.2. The number of aliphatic hydroxyl groups is 3. The third-order valence-corrected chi connectivity index (χ3v) is 6.25. The van der Waals surface area contributed by atoms with E-state index in [1.807, 2.05) is 0 Å². The number of hydrogen-bond acceptors (Lipinski definition) is 4. The minimum absolute atomic E-state index is 0.201. The molecule has 0 radical (unpaired) electrons. The number of carbonyl (C=O) groups excluding carboxylic acids is 1. The Morgan fingerprint density at radius 3 is 1.80 bits per heavy atom. The molecule has 0 aromatic heterocycles. The van der Waals surface area contributed by atoms with Crippen LogP contribution < -0.4 is 0 Å². The van der Waals surface area contributed by atoms with Gasteiger partial charge in [0.15, 0.2) is 11.4 Å². The van der Waals surface area contributed by atoms with Gasteiger partial charge in [-0.2, -0.15) is 0 Å². The summed E-state index contributed by atoms with van der Waals surface area (Å²) in [5.74, 6) is -0.502. The van der Waals surface area contributed by atoms with Crippen LogP contribution in [0.5, 0.6) is 0 Å². The number of unbranched alkanes of at least 4 members (excludes halogenated alkanes) is 14. The highest BCUT2D eigenvalue weighted by molar-refractivity contribution is 5.98. The molecule has 1 rings (SSSR count). The van der Waals surface area contributed by atoms with Crippen LogP contribution in [-0.2, 0) is 4.79 Å². The first kappa shape index (κ1) is 27.1. The van der Waals surface area contributed by atoms with Gasteiger partial charge >= 0.3 is 0 Å². The molecule has 174 valence electrons. The molecule has 30 heavy (non-hydrogen) atoms. The van der Waals surface area contributed by atoms with Gasteiger partial charge in [-0.05, 0) is 44.3 Å². The number of allylic oxidation sites excluding steroid dienone is 2. The third-order valence-electron chi connectivity index (χ3n) is 6.25. The van der Waals surface area contributed by atoms with Crippen molar-refractivity contribution < 1.29 is 20.1 Å². The quantitative estimate of drug-likeness (QED) is 0.193. The summed E-state index contributed by atoms with van der Waals surface area (Å²) in [4.78, 5) is 11.9. The van der Waals surface area contributed by atoms with Gasteiger partial charge in [0.25, 0.3) is 0 Å². The molecule has 0 saturated carbocycles. The molecular formula is C26H46O4. The van der Waals surface area contributed by atoms with E-state index in [0.717, 1.165) is 25.7 Å². The second-order valence-electron chi connectivity index (χ2n) is 8.98. The van der Waals surface area contributed by atoms with Crippen molar-refractivity contribution in [2.75, 3.05) is 0 Å². The Bertz CT molecular complexity index is 499. The molecule has 1 aliphatic carbocycles. The number of rotatable bonds is 18. The monoisotopic (exact) mass is 422 g/mol. The Hall–Kier alpha value is -0.970. The summed E-state index contributed by atoms with van der Waals surface area (Å²) in [5, 5.41) is 30.0. The lowest BCUT2D eigenvalue weighted by Crippen LogP contribution is -2.56. The van der Waals surface area contributed by atoms with Crippen LogP contribution in [-0.4, -0.2) is 38.9 Å². The van der Waals surface area contributed by atoms with Gasteiger partial charge in [-0.3, -0.25) is 4.79 Å². The minimum Gasteiger partial charge on any atom is -0.387 e. The van der Waals surface area contributed by atoms with Gasteiger partial charge in [0.1, 0.15) is 12.2 Å². The van der Waals surface area contributed by atoms with Crippen molar-refractivity contribution in [2.24, 2.45) is 0 Å². The second-order valence-corrected chi connectivity index (χ2v) is 8.98. The van der Waals surface area contributed by atoms with Crippen LogP contribution in [0.25, 0.3) is 0 Å². The first-order valence-corrected chi connectivity index (χ1v) is 12.5. The van der Waals surface area contributed by atoms with Crippen molar-refractivity contribution in [1.82, 2.24) is 0 Å². The Labute approximate surface area is 184 Å². The van der Waals surface area contributed by atoms with Crippen LogP contribution in [0.15, 0.2) is 24.3 Å². The lowest BCUT2D eigenvalue weighted by atomic mass is 9.80.